The second-order valence-corrected chi connectivity index (χ2v) is 11.7. The van der Waals surface area contributed by atoms with Crippen LogP contribution in [0.25, 0.3) is 88.1 Å². The second-order valence-electron chi connectivity index (χ2n) is 11.7. The van der Waals surface area contributed by atoms with Crippen LogP contribution >= 0.6 is 0 Å². The Morgan fingerprint density at radius 2 is 0.761 bits per heavy atom. The average Bonchev–Trinajstić information content (AvgIpc) is 3.14. The molecule has 9 rings (SSSR count). The highest BCUT2D eigenvalue weighted by Gasteiger charge is 2.09. The molecule has 214 valence electrons. The van der Waals surface area contributed by atoms with Gasteiger partial charge in [-0.15, -0.1) is 0 Å². The Balaban J connectivity index is 1.04. The summed E-state index contributed by atoms with van der Waals surface area (Å²) in [6.45, 7) is 0. The zero-order valence-electron chi connectivity index (χ0n) is 24.9. The summed E-state index contributed by atoms with van der Waals surface area (Å²) in [4.78, 5) is 14.2. The Hall–Kier alpha value is -6.19. The lowest BCUT2D eigenvalue weighted by molar-refractivity contribution is 1.31. The third kappa shape index (κ3) is 4.66. The van der Waals surface area contributed by atoms with Gasteiger partial charge in [-0.25, -0.2) is 9.97 Å². The molecule has 6 aromatic carbocycles. The summed E-state index contributed by atoms with van der Waals surface area (Å²) in [5.41, 5.74) is 10.6. The lowest BCUT2D eigenvalue weighted by Gasteiger charge is -2.10. The van der Waals surface area contributed by atoms with Crippen LogP contribution in [0.2, 0.25) is 0 Å². The van der Waals surface area contributed by atoms with Crippen LogP contribution in [0.15, 0.2) is 164 Å². The Morgan fingerprint density at radius 1 is 0.304 bits per heavy atom. The lowest BCUT2D eigenvalue weighted by atomic mass is 9.96. The molecule has 0 amide bonds. The highest BCUT2D eigenvalue weighted by atomic mass is 14.7. The van der Waals surface area contributed by atoms with Crippen LogP contribution < -0.4 is 0 Å². The summed E-state index contributed by atoms with van der Waals surface area (Å²) in [6, 6.07) is 53.9. The van der Waals surface area contributed by atoms with Crippen molar-refractivity contribution in [2.24, 2.45) is 0 Å². The van der Waals surface area contributed by atoms with Crippen molar-refractivity contribution in [2.45, 2.75) is 0 Å². The van der Waals surface area contributed by atoms with Crippen molar-refractivity contribution in [1.29, 1.82) is 0 Å². The Kier molecular flexibility index (Phi) is 6.14. The SMILES string of the molecule is c1ccc2c(c1)ccc1ccc(-c3ccc(-c4ccc5ccc(-c6ccc7ccc(-c8ccncc8)nc7c6)cc5n4)cc3)cc12. The molecular weight excluding hydrogens is 558 g/mol. The van der Waals surface area contributed by atoms with Gasteiger partial charge in [-0.2, -0.15) is 0 Å². The van der Waals surface area contributed by atoms with E-state index in [4.69, 9.17) is 9.97 Å². The van der Waals surface area contributed by atoms with Crippen LogP contribution in [-0.4, -0.2) is 15.0 Å². The van der Waals surface area contributed by atoms with E-state index in [0.717, 1.165) is 55.4 Å². The Labute approximate surface area is 266 Å². The molecular formula is C43H27N3. The molecule has 0 bridgehead atoms. The van der Waals surface area contributed by atoms with Gasteiger partial charge in [0.2, 0.25) is 0 Å². The fraction of sp³-hybridized carbons (Fsp3) is 0. The van der Waals surface area contributed by atoms with Crippen molar-refractivity contribution in [3.05, 3.63) is 164 Å². The van der Waals surface area contributed by atoms with Gasteiger partial charge < -0.3 is 0 Å². The van der Waals surface area contributed by atoms with E-state index in [1.807, 2.05) is 12.1 Å². The van der Waals surface area contributed by atoms with Gasteiger partial charge in [0.05, 0.1) is 22.4 Å². The summed E-state index contributed by atoms with van der Waals surface area (Å²) in [7, 11) is 0. The third-order valence-corrected chi connectivity index (χ3v) is 8.95. The maximum absolute atomic E-state index is 5.10. The zero-order valence-corrected chi connectivity index (χ0v) is 24.9. The summed E-state index contributed by atoms with van der Waals surface area (Å²) < 4.78 is 0. The van der Waals surface area contributed by atoms with Crippen LogP contribution in [0.1, 0.15) is 0 Å². The van der Waals surface area contributed by atoms with Gasteiger partial charge in [0.25, 0.3) is 0 Å². The van der Waals surface area contributed by atoms with Crippen molar-refractivity contribution < 1.29 is 0 Å². The fourth-order valence-corrected chi connectivity index (χ4v) is 6.45. The molecule has 3 heterocycles. The minimum atomic E-state index is 0.942. The number of nitrogens with zero attached hydrogens (tertiary/aromatic N) is 3. The predicted molar refractivity (Wildman–Crippen MR) is 192 cm³/mol. The molecule has 3 heteroatoms. The standard InChI is InChI=1S/C43H27N3/c1-2-4-38-29(3-1)7-8-30-9-14-35(25-39(30)38)28-5-10-31(11-6-28)40-19-17-32-12-15-36(26-42(32)45-40)37-16-13-33-18-20-41(46-43(33)27-37)34-21-23-44-24-22-34/h1-27H. The molecule has 0 fully saturated rings. The topological polar surface area (TPSA) is 38.7 Å². The van der Waals surface area contributed by atoms with Crippen LogP contribution in [-0.2, 0) is 0 Å². The number of hydrogen-bond acceptors (Lipinski definition) is 3. The first-order valence-corrected chi connectivity index (χ1v) is 15.5. The van der Waals surface area contributed by atoms with E-state index in [0.29, 0.717) is 0 Å². The molecule has 0 aliphatic rings. The first-order chi connectivity index (χ1) is 22.7. The highest BCUT2D eigenvalue weighted by molar-refractivity contribution is 6.08. The molecule has 0 unspecified atom stereocenters. The van der Waals surface area contributed by atoms with E-state index in [9.17, 15) is 0 Å². The molecule has 0 atom stereocenters. The molecule has 0 saturated heterocycles. The first kappa shape index (κ1) is 26.2. The van der Waals surface area contributed by atoms with Crippen LogP contribution in [0.5, 0.6) is 0 Å². The molecule has 0 aliphatic heterocycles. The molecule has 0 spiro atoms. The maximum atomic E-state index is 5.10. The minimum Gasteiger partial charge on any atom is -0.265 e. The van der Waals surface area contributed by atoms with Crippen LogP contribution in [0.3, 0.4) is 0 Å². The van der Waals surface area contributed by atoms with Crippen molar-refractivity contribution in [2.75, 3.05) is 0 Å². The predicted octanol–water partition coefficient (Wildman–Crippen LogP) is 11.2. The van der Waals surface area contributed by atoms with Gasteiger partial charge in [0.1, 0.15) is 0 Å². The second kappa shape index (κ2) is 10.8. The lowest BCUT2D eigenvalue weighted by Crippen LogP contribution is -1.89. The van der Waals surface area contributed by atoms with E-state index < -0.39 is 0 Å². The van der Waals surface area contributed by atoms with Gasteiger partial charge >= 0.3 is 0 Å². The Morgan fingerprint density at radius 3 is 1.41 bits per heavy atom. The molecule has 0 radical (unpaired) electrons. The maximum Gasteiger partial charge on any atom is 0.0715 e. The summed E-state index contributed by atoms with van der Waals surface area (Å²) in [5.74, 6) is 0. The number of benzene rings is 6. The highest BCUT2D eigenvalue weighted by Crippen LogP contribution is 2.33. The third-order valence-electron chi connectivity index (χ3n) is 8.95. The van der Waals surface area contributed by atoms with E-state index in [1.165, 1.54) is 32.7 Å². The summed E-state index contributed by atoms with van der Waals surface area (Å²) >= 11 is 0. The van der Waals surface area contributed by atoms with E-state index in [-0.39, 0.29) is 0 Å². The molecule has 0 N–H and O–H groups in total. The largest absolute Gasteiger partial charge is 0.265 e. The number of rotatable bonds is 4. The molecule has 3 nitrogen and oxygen atoms in total. The quantitative estimate of drug-likeness (QED) is 0.193. The van der Waals surface area contributed by atoms with E-state index in [2.05, 4.69) is 145 Å². The molecule has 0 aliphatic carbocycles. The van der Waals surface area contributed by atoms with E-state index in [1.54, 1.807) is 12.4 Å². The minimum absolute atomic E-state index is 0.942. The van der Waals surface area contributed by atoms with Crippen molar-refractivity contribution in [1.82, 2.24) is 15.0 Å². The molecule has 9 aromatic rings. The normalized spacial score (nSPS) is 11.5. The van der Waals surface area contributed by atoms with Crippen LogP contribution in [0.4, 0.5) is 0 Å². The summed E-state index contributed by atoms with van der Waals surface area (Å²) in [6.07, 6.45) is 3.60. The Bertz CT molecular complexity index is 2570. The van der Waals surface area contributed by atoms with E-state index >= 15 is 0 Å². The fourth-order valence-electron chi connectivity index (χ4n) is 6.45. The number of hydrogen-bond donors (Lipinski definition) is 0. The number of fused-ring (bicyclic) bond motifs is 5. The molecule has 46 heavy (non-hydrogen) atoms. The molecule has 3 aromatic heterocycles. The van der Waals surface area contributed by atoms with Gasteiger partial charge in [0.15, 0.2) is 0 Å². The van der Waals surface area contributed by atoms with Crippen molar-refractivity contribution in [3.63, 3.8) is 0 Å². The number of pyridine rings is 3. The first-order valence-electron chi connectivity index (χ1n) is 15.5. The van der Waals surface area contributed by atoms with Gasteiger partial charge in [0, 0.05) is 34.3 Å². The average molecular weight is 586 g/mol. The zero-order chi connectivity index (χ0) is 30.5. The molecule has 0 saturated carbocycles. The van der Waals surface area contributed by atoms with Crippen LogP contribution in [0, 0.1) is 0 Å². The smallest absolute Gasteiger partial charge is 0.0715 e. The van der Waals surface area contributed by atoms with Gasteiger partial charge in [-0.1, -0.05) is 109 Å². The van der Waals surface area contributed by atoms with Crippen molar-refractivity contribution in [3.8, 4) is 44.8 Å². The van der Waals surface area contributed by atoms with Crippen molar-refractivity contribution >= 4 is 43.4 Å². The number of aromatic nitrogens is 3. The summed E-state index contributed by atoms with van der Waals surface area (Å²) in [5, 5.41) is 7.32. The van der Waals surface area contributed by atoms with Gasteiger partial charge in [-0.3, -0.25) is 4.98 Å². The monoisotopic (exact) mass is 585 g/mol. The van der Waals surface area contributed by atoms with Gasteiger partial charge in [-0.05, 0) is 86.3 Å².